The molecule has 0 saturated heterocycles. The number of ether oxygens (including phenoxy) is 1. The van der Waals surface area contributed by atoms with Gasteiger partial charge in [0.2, 0.25) is 5.91 Å². The fraction of sp³-hybridized carbons (Fsp3) is 0.318. The topological polar surface area (TPSA) is 102 Å². The number of hydrogen-bond donors (Lipinski definition) is 1. The van der Waals surface area contributed by atoms with Crippen LogP contribution in [0.5, 0.6) is 5.75 Å². The van der Waals surface area contributed by atoms with Gasteiger partial charge in [-0.25, -0.2) is 4.98 Å². The molecular weight excluding hydrogens is 496 g/mol. The van der Waals surface area contributed by atoms with Gasteiger partial charge < -0.3 is 15.0 Å². The number of thiazole rings is 1. The molecule has 0 aliphatic heterocycles. The third-order valence-corrected chi connectivity index (χ3v) is 6.84. The molecule has 12 heteroatoms. The van der Waals surface area contributed by atoms with Gasteiger partial charge in [-0.15, -0.1) is 16.8 Å². The van der Waals surface area contributed by atoms with Crippen LogP contribution in [0.15, 0.2) is 36.0 Å². The Morgan fingerprint density at radius 3 is 2.76 bits per heavy atom. The number of anilines is 1. The number of aryl methyl sites for hydroxylation is 2. The number of carbonyl (C=O) groups excluding carboxylic acids is 2. The molecule has 0 bridgehead atoms. The highest BCUT2D eigenvalue weighted by Crippen LogP contribution is 2.25. The van der Waals surface area contributed by atoms with Gasteiger partial charge in [-0.2, -0.15) is 0 Å². The lowest BCUT2D eigenvalue weighted by atomic mass is 10.2. The smallest absolute Gasteiger partial charge is 0.265 e. The highest BCUT2D eigenvalue weighted by Gasteiger charge is 2.19. The van der Waals surface area contributed by atoms with Crippen molar-refractivity contribution in [3.63, 3.8) is 0 Å². The minimum absolute atomic E-state index is 0.0992. The molecule has 0 aliphatic carbocycles. The molecule has 180 valence electrons. The van der Waals surface area contributed by atoms with Crippen LogP contribution in [0.3, 0.4) is 0 Å². The molecule has 1 N–H and O–H groups in total. The van der Waals surface area contributed by atoms with Crippen molar-refractivity contribution in [2.75, 3.05) is 25.2 Å². The molecule has 0 aliphatic rings. The van der Waals surface area contributed by atoms with Gasteiger partial charge in [-0.1, -0.05) is 40.8 Å². The lowest BCUT2D eigenvalue weighted by Gasteiger charge is -2.11. The minimum Gasteiger partial charge on any atom is -0.485 e. The molecule has 2 amide bonds. The monoisotopic (exact) mass is 520 g/mol. The van der Waals surface area contributed by atoms with E-state index in [2.05, 4.69) is 27.1 Å². The molecule has 0 spiro atoms. The normalized spacial score (nSPS) is 10.7. The molecule has 9 nitrogen and oxygen atoms in total. The molecule has 0 radical (unpaired) electrons. The summed E-state index contributed by atoms with van der Waals surface area (Å²) in [5.41, 5.74) is 1.50. The van der Waals surface area contributed by atoms with Crippen LogP contribution in [0, 0.1) is 13.8 Å². The van der Waals surface area contributed by atoms with Gasteiger partial charge in [-0.05, 0) is 37.6 Å². The van der Waals surface area contributed by atoms with Crippen LogP contribution in [0.4, 0.5) is 5.13 Å². The van der Waals surface area contributed by atoms with E-state index in [4.69, 9.17) is 16.3 Å². The van der Waals surface area contributed by atoms with Gasteiger partial charge in [0.1, 0.15) is 17.2 Å². The Kier molecular flexibility index (Phi) is 8.70. The number of nitrogens with zero attached hydrogens (tertiary/aromatic N) is 5. The molecule has 0 atom stereocenters. The van der Waals surface area contributed by atoms with Crippen molar-refractivity contribution in [1.82, 2.24) is 24.6 Å². The molecule has 2 heterocycles. The predicted molar refractivity (Wildman–Crippen MR) is 135 cm³/mol. The van der Waals surface area contributed by atoms with Crippen molar-refractivity contribution >= 4 is 51.6 Å². The van der Waals surface area contributed by atoms with Crippen molar-refractivity contribution < 1.29 is 14.3 Å². The summed E-state index contributed by atoms with van der Waals surface area (Å²) >= 11 is 8.40. The summed E-state index contributed by atoms with van der Waals surface area (Å²) in [5, 5.41) is 12.8. The summed E-state index contributed by atoms with van der Waals surface area (Å²) in [6.07, 6.45) is 1.73. The second kappa shape index (κ2) is 11.5. The minimum atomic E-state index is -0.259. The number of nitrogens with one attached hydrogen (secondary N) is 1. The Morgan fingerprint density at radius 1 is 1.32 bits per heavy atom. The third-order valence-electron chi connectivity index (χ3n) is 4.57. The second-order valence-corrected chi connectivity index (χ2v) is 9.84. The zero-order chi connectivity index (χ0) is 24.8. The van der Waals surface area contributed by atoms with Crippen LogP contribution in [-0.4, -0.2) is 56.3 Å². The quantitative estimate of drug-likeness (QED) is 0.315. The summed E-state index contributed by atoms with van der Waals surface area (Å²) in [5.74, 6) is 1.01. The zero-order valence-electron chi connectivity index (χ0n) is 19.3. The maximum Gasteiger partial charge on any atom is 0.265 e. The van der Waals surface area contributed by atoms with E-state index in [0.717, 1.165) is 16.9 Å². The maximum absolute atomic E-state index is 12.5. The Morgan fingerprint density at radius 2 is 2.09 bits per heavy atom. The molecule has 0 saturated carbocycles. The van der Waals surface area contributed by atoms with E-state index in [1.807, 2.05) is 23.6 Å². The number of carbonyl (C=O) groups is 2. The first-order valence-electron chi connectivity index (χ1n) is 10.2. The van der Waals surface area contributed by atoms with Crippen molar-refractivity contribution in [2.45, 2.75) is 32.2 Å². The number of allylic oxidation sites excluding steroid dienone is 1. The van der Waals surface area contributed by atoms with Crippen molar-refractivity contribution in [3.8, 4) is 5.75 Å². The summed E-state index contributed by atoms with van der Waals surface area (Å²) in [7, 11) is 3.34. The van der Waals surface area contributed by atoms with Gasteiger partial charge in [0.15, 0.2) is 16.1 Å². The molecule has 0 fully saturated rings. The van der Waals surface area contributed by atoms with E-state index in [-0.39, 0.29) is 24.2 Å². The van der Waals surface area contributed by atoms with Crippen molar-refractivity contribution in [2.24, 2.45) is 0 Å². The Balaban J connectivity index is 1.62. The van der Waals surface area contributed by atoms with E-state index in [9.17, 15) is 9.59 Å². The fourth-order valence-electron chi connectivity index (χ4n) is 2.90. The standard InChI is InChI=1S/C22H25ClN6O3S2/c1-6-9-29-17(11-32-16-8-7-15(23)10-13(16)2)26-27-22(29)33-12-18(30)25-21-24-14(3)19(34-21)20(31)28(4)5/h6-8,10H,1,9,11-12H2,2-5H3,(H,24,25,30). The number of thioether (sulfide) groups is 1. The average molecular weight is 521 g/mol. The zero-order valence-corrected chi connectivity index (χ0v) is 21.7. The van der Waals surface area contributed by atoms with Crippen LogP contribution in [0.2, 0.25) is 5.02 Å². The van der Waals surface area contributed by atoms with Crippen LogP contribution in [0.25, 0.3) is 0 Å². The first kappa shape index (κ1) is 25.7. The molecule has 0 unspecified atom stereocenters. The van der Waals surface area contributed by atoms with Crippen molar-refractivity contribution in [1.29, 1.82) is 0 Å². The summed E-state index contributed by atoms with van der Waals surface area (Å²) < 4.78 is 7.73. The Labute approximate surface area is 211 Å². The number of rotatable bonds is 10. The summed E-state index contributed by atoms with van der Waals surface area (Å²) in [6, 6.07) is 5.40. The Hall–Kier alpha value is -2.89. The highest BCUT2D eigenvalue weighted by molar-refractivity contribution is 7.99. The molecule has 34 heavy (non-hydrogen) atoms. The summed E-state index contributed by atoms with van der Waals surface area (Å²) in [6.45, 7) is 8.12. The van der Waals surface area contributed by atoms with Crippen LogP contribution < -0.4 is 10.1 Å². The van der Waals surface area contributed by atoms with E-state index in [1.165, 1.54) is 16.7 Å². The first-order chi connectivity index (χ1) is 16.2. The third kappa shape index (κ3) is 6.37. The average Bonchev–Trinajstić information content (AvgIpc) is 3.34. The fourth-order valence-corrected chi connectivity index (χ4v) is 4.90. The van der Waals surface area contributed by atoms with Crippen LogP contribution in [-0.2, 0) is 17.9 Å². The molecule has 2 aromatic heterocycles. The van der Waals surface area contributed by atoms with E-state index < -0.39 is 0 Å². The number of hydrogen-bond acceptors (Lipinski definition) is 8. The van der Waals surface area contributed by atoms with Gasteiger partial charge in [0, 0.05) is 25.7 Å². The largest absolute Gasteiger partial charge is 0.485 e. The molecule has 3 aromatic rings. The maximum atomic E-state index is 12.5. The lowest BCUT2D eigenvalue weighted by molar-refractivity contribution is -0.113. The van der Waals surface area contributed by atoms with Gasteiger partial charge >= 0.3 is 0 Å². The summed E-state index contributed by atoms with van der Waals surface area (Å²) in [4.78, 5) is 30.9. The van der Waals surface area contributed by atoms with E-state index >= 15 is 0 Å². The molecule has 1 aromatic carbocycles. The first-order valence-corrected chi connectivity index (χ1v) is 12.4. The van der Waals surface area contributed by atoms with Crippen LogP contribution in [0.1, 0.15) is 26.8 Å². The SMILES string of the molecule is C=CCn1c(COc2ccc(Cl)cc2C)nnc1SCC(=O)Nc1nc(C)c(C(=O)N(C)C)s1. The van der Waals surface area contributed by atoms with E-state index in [0.29, 0.717) is 44.0 Å². The van der Waals surface area contributed by atoms with Gasteiger partial charge in [0.25, 0.3) is 5.91 Å². The van der Waals surface area contributed by atoms with E-state index in [1.54, 1.807) is 33.2 Å². The van der Waals surface area contributed by atoms with Gasteiger partial charge in [0.05, 0.1) is 11.4 Å². The number of amides is 2. The van der Waals surface area contributed by atoms with Crippen molar-refractivity contribution in [3.05, 3.63) is 57.8 Å². The highest BCUT2D eigenvalue weighted by atomic mass is 35.5. The molecular formula is C22H25ClN6O3S2. The number of aromatic nitrogens is 4. The number of halogens is 1. The molecule has 3 rings (SSSR count). The second-order valence-electron chi connectivity index (χ2n) is 7.47. The number of benzene rings is 1. The Bertz CT molecular complexity index is 1210. The van der Waals surface area contributed by atoms with Crippen LogP contribution >= 0.6 is 34.7 Å². The lowest BCUT2D eigenvalue weighted by Crippen LogP contribution is -2.21. The predicted octanol–water partition coefficient (Wildman–Crippen LogP) is 4.20. The van der Waals surface area contributed by atoms with Gasteiger partial charge in [-0.3, -0.25) is 14.2 Å².